The number of ether oxygens (including phenoxy) is 1. The zero-order valence-corrected chi connectivity index (χ0v) is 15.3. The second kappa shape index (κ2) is 8.33. The van der Waals surface area contributed by atoms with Crippen LogP contribution >= 0.6 is 0 Å². The standard InChI is InChI=1S/C20H19F3N2O3/c1-13-4-2-3-5-16(13)28-12-17(26)24-8-10-25(11-9-24)20(27)14-6-7-15(21)19(23)18(14)22/h2-7H,8-12H2,1H3. The molecule has 28 heavy (non-hydrogen) atoms. The zero-order valence-electron chi connectivity index (χ0n) is 15.3. The highest BCUT2D eigenvalue weighted by Crippen LogP contribution is 2.19. The zero-order chi connectivity index (χ0) is 20.3. The Hall–Kier alpha value is -3.03. The van der Waals surface area contributed by atoms with Crippen molar-refractivity contribution < 1.29 is 27.5 Å². The largest absolute Gasteiger partial charge is 0.484 e. The van der Waals surface area contributed by atoms with Crippen molar-refractivity contribution in [2.24, 2.45) is 0 Å². The van der Waals surface area contributed by atoms with Crippen molar-refractivity contribution in [3.05, 3.63) is 65.0 Å². The molecule has 1 fully saturated rings. The summed E-state index contributed by atoms with van der Waals surface area (Å²) in [5, 5.41) is 0. The van der Waals surface area contributed by atoms with Gasteiger partial charge >= 0.3 is 0 Å². The molecule has 0 aliphatic carbocycles. The van der Waals surface area contributed by atoms with Gasteiger partial charge in [0.05, 0.1) is 5.56 Å². The summed E-state index contributed by atoms with van der Waals surface area (Å²) in [6, 6.07) is 8.97. The molecule has 8 heteroatoms. The van der Waals surface area contributed by atoms with Crippen molar-refractivity contribution in [2.75, 3.05) is 32.8 Å². The number of carbonyl (C=O) groups is 2. The van der Waals surface area contributed by atoms with Crippen LogP contribution < -0.4 is 4.74 Å². The number of aryl methyl sites for hydroxylation is 1. The molecule has 0 N–H and O–H groups in total. The quantitative estimate of drug-likeness (QED) is 0.752. The third kappa shape index (κ3) is 4.11. The van der Waals surface area contributed by atoms with Crippen LogP contribution in [-0.2, 0) is 4.79 Å². The third-order valence-corrected chi connectivity index (χ3v) is 4.63. The first-order chi connectivity index (χ1) is 13.4. The fourth-order valence-electron chi connectivity index (χ4n) is 2.97. The molecule has 0 atom stereocenters. The van der Waals surface area contributed by atoms with Gasteiger partial charge in [-0.05, 0) is 30.7 Å². The molecule has 2 amide bonds. The van der Waals surface area contributed by atoms with E-state index in [9.17, 15) is 22.8 Å². The van der Waals surface area contributed by atoms with E-state index >= 15 is 0 Å². The average Bonchev–Trinajstić information content (AvgIpc) is 2.71. The average molecular weight is 392 g/mol. The van der Waals surface area contributed by atoms with Crippen LogP contribution in [0.15, 0.2) is 36.4 Å². The number of nitrogens with zero attached hydrogens (tertiary/aromatic N) is 2. The van der Waals surface area contributed by atoms with Crippen LogP contribution in [-0.4, -0.2) is 54.4 Å². The predicted octanol–water partition coefficient (Wildman–Crippen LogP) is 2.78. The van der Waals surface area contributed by atoms with Crippen LogP contribution in [0.4, 0.5) is 13.2 Å². The van der Waals surface area contributed by atoms with Gasteiger partial charge in [-0.2, -0.15) is 0 Å². The molecule has 2 aromatic rings. The van der Waals surface area contributed by atoms with E-state index in [2.05, 4.69) is 0 Å². The summed E-state index contributed by atoms with van der Waals surface area (Å²) in [6.45, 7) is 2.55. The molecule has 148 valence electrons. The number of carbonyl (C=O) groups excluding carboxylic acids is 2. The van der Waals surface area contributed by atoms with Crippen LogP contribution in [0, 0.1) is 24.4 Å². The topological polar surface area (TPSA) is 49.9 Å². The Kier molecular flexibility index (Phi) is 5.87. The molecule has 5 nitrogen and oxygen atoms in total. The molecule has 0 radical (unpaired) electrons. The van der Waals surface area contributed by atoms with Crippen molar-refractivity contribution in [3.8, 4) is 5.75 Å². The number of hydrogen-bond acceptors (Lipinski definition) is 3. The van der Waals surface area contributed by atoms with Crippen LogP contribution in [0.2, 0.25) is 0 Å². The first-order valence-corrected chi connectivity index (χ1v) is 8.77. The third-order valence-electron chi connectivity index (χ3n) is 4.63. The smallest absolute Gasteiger partial charge is 0.260 e. The van der Waals surface area contributed by atoms with Gasteiger partial charge in [0.1, 0.15) is 5.75 Å². The molecule has 0 bridgehead atoms. The molecule has 1 saturated heterocycles. The number of benzene rings is 2. The van der Waals surface area contributed by atoms with Gasteiger partial charge in [-0.25, -0.2) is 13.2 Å². The first kappa shape index (κ1) is 19.7. The number of hydrogen-bond donors (Lipinski definition) is 0. The SMILES string of the molecule is Cc1ccccc1OCC(=O)N1CCN(C(=O)c2ccc(F)c(F)c2F)CC1. The number of para-hydroxylation sites is 1. The van der Waals surface area contributed by atoms with Crippen molar-refractivity contribution in [1.82, 2.24) is 9.80 Å². The Morgan fingerprint density at radius 1 is 0.929 bits per heavy atom. The molecular weight excluding hydrogens is 373 g/mol. The molecule has 0 saturated carbocycles. The molecule has 0 aromatic heterocycles. The summed E-state index contributed by atoms with van der Waals surface area (Å²) < 4.78 is 45.7. The van der Waals surface area contributed by atoms with Gasteiger partial charge in [-0.15, -0.1) is 0 Å². The van der Waals surface area contributed by atoms with E-state index in [1.54, 1.807) is 11.0 Å². The van der Waals surface area contributed by atoms with E-state index in [-0.39, 0.29) is 38.7 Å². The highest BCUT2D eigenvalue weighted by molar-refractivity contribution is 5.94. The van der Waals surface area contributed by atoms with Crippen molar-refractivity contribution in [1.29, 1.82) is 0 Å². The summed E-state index contributed by atoms with van der Waals surface area (Å²) in [5.41, 5.74) is 0.390. The Balaban J connectivity index is 1.55. The number of rotatable bonds is 4. The molecular formula is C20H19F3N2O3. The van der Waals surface area contributed by atoms with Gasteiger partial charge in [0, 0.05) is 26.2 Å². The number of piperazine rings is 1. The second-order valence-electron chi connectivity index (χ2n) is 6.45. The fourth-order valence-corrected chi connectivity index (χ4v) is 2.97. The lowest BCUT2D eigenvalue weighted by atomic mass is 10.1. The Morgan fingerprint density at radius 2 is 1.57 bits per heavy atom. The van der Waals surface area contributed by atoms with E-state index in [0.29, 0.717) is 11.8 Å². The molecule has 3 rings (SSSR count). The van der Waals surface area contributed by atoms with Crippen molar-refractivity contribution in [2.45, 2.75) is 6.92 Å². The van der Waals surface area contributed by atoms with E-state index in [0.717, 1.165) is 11.6 Å². The maximum Gasteiger partial charge on any atom is 0.260 e. The van der Waals surface area contributed by atoms with Gasteiger partial charge in [-0.1, -0.05) is 18.2 Å². The van der Waals surface area contributed by atoms with E-state index in [1.807, 2.05) is 25.1 Å². The van der Waals surface area contributed by atoms with Gasteiger partial charge in [-0.3, -0.25) is 9.59 Å². The van der Waals surface area contributed by atoms with E-state index in [1.165, 1.54) is 4.90 Å². The highest BCUT2D eigenvalue weighted by Gasteiger charge is 2.28. The summed E-state index contributed by atoms with van der Waals surface area (Å²) in [5.74, 6) is -4.87. The Bertz CT molecular complexity index is 896. The van der Waals surface area contributed by atoms with Gasteiger partial charge in [0.25, 0.3) is 11.8 Å². The Labute approximate surface area is 160 Å². The second-order valence-corrected chi connectivity index (χ2v) is 6.45. The monoisotopic (exact) mass is 392 g/mol. The van der Waals surface area contributed by atoms with Gasteiger partial charge in [0.2, 0.25) is 0 Å². The predicted molar refractivity (Wildman–Crippen MR) is 95.5 cm³/mol. The number of halogens is 3. The summed E-state index contributed by atoms with van der Waals surface area (Å²) in [4.78, 5) is 27.5. The number of amides is 2. The molecule has 1 heterocycles. The molecule has 1 aliphatic heterocycles. The summed E-state index contributed by atoms with van der Waals surface area (Å²) in [6.07, 6.45) is 0. The van der Waals surface area contributed by atoms with Crippen LogP contribution in [0.1, 0.15) is 15.9 Å². The normalized spacial score (nSPS) is 14.1. The van der Waals surface area contributed by atoms with Crippen molar-refractivity contribution >= 4 is 11.8 Å². The highest BCUT2D eigenvalue weighted by atomic mass is 19.2. The van der Waals surface area contributed by atoms with Gasteiger partial charge < -0.3 is 14.5 Å². The van der Waals surface area contributed by atoms with Gasteiger partial charge in [0.15, 0.2) is 24.1 Å². The minimum atomic E-state index is -1.67. The fraction of sp³-hybridized carbons (Fsp3) is 0.300. The minimum Gasteiger partial charge on any atom is -0.484 e. The van der Waals surface area contributed by atoms with Crippen molar-refractivity contribution in [3.63, 3.8) is 0 Å². The van der Waals surface area contributed by atoms with Crippen LogP contribution in [0.3, 0.4) is 0 Å². The van der Waals surface area contributed by atoms with Crippen LogP contribution in [0.5, 0.6) is 5.75 Å². The molecule has 0 unspecified atom stereocenters. The summed E-state index contributed by atoms with van der Waals surface area (Å²) in [7, 11) is 0. The lowest BCUT2D eigenvalue weighted by molar-refractivity contribution is -0.134. The molecule has 1 aliphatic rings. The maximum absolute atomic E-state index is 13.8. The van der Waals surface area contributed by atoms with Crippen LogP contribution in [0.25, 0.3) is 0 Å². The maximum atomic E-state index is 13.8. The molecule has 0 spiro atoms. The lowest BCUT2D eigenvalue weighted by Gasteiger charge is -2.34. The molecule has 2 aromatic carbocycles. The van der Waals surface area contributed by atoms with E-state index in [4.69, 9.17) is 4.74 Å². The van der Waals surface area contributed by atoms with E-state index < -0.39 is 28.9 Å². The lowest BCUT2D eigenvalue weighted by Crippen LogP contribution is -2.51. The minimum absolute atomic E-state index is 0.128. The Morgan fingerprint density at radius 3 is 2.25 bits per heavy atom. The summed E-state index contributed by atoms with van der Waals surface area (Å²) >= 11 is 0. The first-order valence-electron chi connectivity index (χ1n) is 8.77.